The lowest BCUT2D eigenvalue weighted by Gasteiger charge is -2.50. The third kappa shape index (κ3) is 3.09. The van der Waals surface area contributed by atoms with E-state index in [1.54, 1.807) is 18.6 Å². The largest absolute Gasteiger partial charge is 0.355 e. The first-order chi connectivity index (χ1) is 16.2. The molecule has 34 heavy (non-hydrogen) atoms. The van der Waals surface area contributed by atoms with E-state index in [0.717, 1.165) is 69.4 Å². The summed E-state index contributed by atoms with van der Waals surface area (Å²) < 4.78 is 0. The molecule has 2 saturated heterocycles. The fraction of sp³-hybridized carbons (Fsp3) is 0.577. The minimum atomic E-state index is -0.329. The fourth-order valence-electron chi connectivity index (χ4n) is 6.33. The number of aromatic nitrogens is 3. The van der Waals surface area contributed by atoms with Crippen LogP contribution in [0.5, 0.6) is 0 Å². The number of likely N-dealkylation sites (tertiary alicyclic amines) is 1. The summed E-state index contributed by atoms with van der Waals surface area (Å²) in [4.78, 5) is 33.5. The van der Waals surface area contributed by atoms with Crippen LogP contribution in [0.25, 0.3) is 0 Å². The predicted octanol–water partition coefficient (Wildman–Crippen LogP) is 3.40. The van der Waals surface area contributed by atoms with E-state index in [1.165, 1.54) is 12.0 Å². The zero-order chi connectivity index (χ0) is 23.7. The number of hydrogen-bond donors (Lipinski definition) is 0. The van der Waals surface area contributed by atoms with E-state index in [9.17, 15) is 10.1 Å². The molecule has 2 spiro atoms. The SMILES string of the molecule is CC(C)(C)C(=O)N1CC2(CCN(c3ncnc4c3C3(CCC3)CN4c3cc(C#N)ccn3)C2)C1. The van der Waals surface area contributed by atoms with Crippen LogP contribution in [0.1, 0.15) is 57.6 Å². The Kier molecular flexibility index (Phi) is 4.48. The van der Waals surface area contributed by atoms with Gasteiger partial charge in [-0.05, 0) is 31.4 Å². The Labute approximate surface area is 200 Å². The van der Waals surface area contributed by atoms with Gasteiger partial charge in [-0.3, -0.25) is 4.79 Å². The molecule has 0 N–H and O–H groups in total. The van der Waals surface area contributed by atoms with Crippen molar-refractivity contribution in [2.75, 3.05) is 42.5 Å². The molecule has 3 fully saturated rings. The lowest BCUT2D eigenvalue weighted by atomic mass is 9.66. The lowest BCUT2D eigenvalue weighted by molar-refractivity contribution is -0.150. The van der Waals surface area contributed by atoms with Gasteiger partial charge in [-0.25, -0.2) is 15.0 Å². The zero-order valence-electron chi connectivity index (χ0n) is 20.2. The minimum absolute atomic E-state index is 0.0554. The van der Waals surface area contributed by atoms with Crippen molar-refractivity contribution in [2.24, 2.45) is 10.8 Å². The van der Waals surface area contributed by atoms with E-state index in [2.05, 4.69) is 20.9 Å². The second-order valence-corrected chi connectivity index (χ2v) is 11.7. The maximum Gasteiger partial charge on any atom is 0.227 e. The van der Waals surface area contributed by atoms with Crippen LogP contribution in [-0.4, -0.2) is 58.5 Å². The van der Waals surface area contributed by atoms with Gasteiger partial charge in [0.1, 0.15) is 23.8 Å². The van der Waals surface area contributed by atoms with E-state index in [4.69, 9.17) is 9.97 Å². The number of amides is 1. The molecule has 2 aromatic heterocycles. The molecule has 0 atom stereocenters. The van der Waals surface area contributed by atoms with Gasteiger partial charge in [0, 0.05) is 60.7 Å². The Bertz CT molecular complexity index is 1200. The summed E-state index contributed by atoms with van der Waals surface area (Å²) in [5.41, 5.74) is 1.76. The third-order valence-corrected chi connectivity index (χ3v) is 8.24. The number of pyridine rings is 1. The molecule has 176 valence electrons. The van der Waals surface area contributed by atoms with Crippen LogP contribution in [0.4, 0.5) is 17.5 Å². The molecular formula is C26H31N7O. The number of carbonyl (C=O) groups excluding carboxylic acids is 1. The topological polar surface area (TPSA) is 89.3 Å². The standard InChI is InChI=1S/C26H31N7O/c1-24(2,3)23(34)32-14-25(15-32)8-10-31(13-25)21-20-22(30-17-29-21)33(16-26(20)6-4-7-26)19-11-18(12-27)5-9-28-19/h5,9,11,17H,4,6-8,10,13-16H2,1-3H3. The van der Waals surface area contributed by atoms with Gasteiger partial charge in [-0.2, -0.15) is 5.26 Å². The maximum absolute atomic E-state index is 12.7. The Morgan fingerprint density at radius 1 is 1.06 bits per heavy atom. The van der Waals surface area contributed by atoms with Crippen molar-refractivity contribution in [3.8, 4) is 6.07 Å². The summed E-state index contributed by atoms with van der Waals surface area (Å²) in [6, 6.07) is 5.81. The van der Waals surface area contributed by atoms with E-state index in [1.807, 2.05) is 31.7 Å². The van der Waals surface area contributed by atoms with Crippen LogP contribution in [0, 0.1) is 22.2 Å². The van der Waals surface area contributed by atoms with Gasteiger partial charge in [0.2, 0.25) is 5.91 Å². The molecule has 0 bridgehead atoms. The predicted molar refractivity (Wildman–Crippen MR) is 129 cm³/mol. The first kappa shape index (κ1) is 21.3. The molecule has 2 aromatic rings. The van der Waals surface area contributed by atoms with E-state index >= 15 is 0 Å². The number of hydrogen-bond acceptors (Lipinski definition) is 7. The summed E-state index contributed by atoms with van der Waals surface area (Å²) in [5, 5.41) is 9.37. The van der Waals surface area contributed by atoms with Gasteiger partial charge >= 0.3 is 0 Å². The van der Waals surface area contributed by atoms with Crippen molar-refractivity contribution in [1.82, 2.24) is 19.9 Å². The number of nitrogens with zero attached hydrogens (tertiary/aromatic N) is 7. The summed E-state index contributed by atoms with van der Waals surface area (Å²) >= 11 is 0. The van der Waals surface area contributed by atoms with Gasteiger partial charge in [0.25, 0.3) is 0 Å². The number of nitriles is 1. The monoisotopic (exact) mass is 457 g/mol. The van der Waals surface area contributed by atoms with Crippen LogP contribution in [0.2, 0.25) is 0 Å². The third-order valence-electron chi connectivity index (χ3n) is 8.24. The van der Waals surface area contributed by atoms with Gasteiger partial charge in [-0.1, -0.05) is 27.2 Å². The molecule has 0 unspecified atom stereocenters. The van der Waals surface area contributed by atoms with Crippen molar-refractivity contribution >= 4 is 23.4 Å². The molecule has 1 amide bonds. The van der Waals surface area contributed by atoms with E-state index in [0.29, 0.717) is 5.56 Å². The van der Waals surface area contributed by atoms with Crippen LogP contribution >= 0.6 is 0 Å². The Morgan fingerprint density at radius 3 is 2.50 bits per heavy atom. The van der Waals surface area contributed by atoms with Crippen molar-refractivity contribution in [2.45, 2.75) is 51.9 Å². The average molecular weight is 458 g/mol. The van der Waals surface area contributed by atoms with Crippen molar-refractivity contribution < 1.29 is 4.79 Å². The Balaban J connectivity index is 1.30. The highest BCUT2D eigenvalue weighted by molar-refractivity contribution is 5.82. The molecule has 8 nitrogen and oxygen atoms in total. The highest BCUT2D eigenvalue weighted by atomic mass is 16.2. The van der Waals surface area contributed by atoms with Crippen molar-refractivity contribution in [1.29, 1.82) is 5.26 Å². The Hall–Kier alpha value is -3.21. The van der Waals surface area contributed by atoms with E-state index < -0.39 is 0 Å². The fourth-order valence-corrected chi connectivity index (χ4v) is 6.33. The van der Waals surface area contributed by atoms with Crippen molar-refractivity contribution in [3.05, 3.63) is 35.8 Å². The molecule has 0 aromatic carbocycles. The average Bonchev–Trinajstić information content (AvgIpc) is 3.37. The maximum atomic E-state index is 12.7. The number of carbonyl (C=O) groups is 1. The highest BCUT2D eigenvalue weighted by Gasteiger charge is 2.54. The number of anilines is 3. The summed E-state index contributed by atoms with van der Waals surface area (Å²) in [7, 11) is 0. The first-order valence-corrected chi connectivity index (χ1v) is 12.3. The first-order valence-electron chi connectivity index (χ1n) is 12.3. The highest BCUT2D eigenvalue weighted by Crippen LogP contribution is 2.57. The van der Waals surface area contributed by atoms with Crippen LogP contribution < -0.4 is 9.80 Å². The van der Waals surface area contributed by atoms with Crippen LogP contribution in [0.3, 0.4) is 0 Å². The van der Waals surface area contributed by atoms with Gasteiger partial charge in [0.05, 0.1) is 11.6 Å². The van der Waals surface area contributed by atoms with Crippen molar-refractivity contribution in [3.63, 3.8) is 0 Å². The minimum Gasteiger partial charge on any atom is -0.355 e. The zero-order valence-corrected chi connectivity index (χ0v) is 20.2. The number of fused-ring (bicyclic) bond motifs is 2. The molecular weight excluding hydrogens is 426 g/mol. The lowest BCUT2D eigenvalue weighted by Crippen LogP contribution is -2.61. The quantitative estimate of drug-likeness (QED) is 0.683. The molecule has 1 saturated carbocycles. The molecule has 6 rings (SSSR count). The summed E-state index contributed by atoms with van der Waals surface area (Å²) in [5.74, 6) is 3.02. The van der Waals surface area contributed by atoms with Gasteiger partial charge in [0.15, 0.2) is 0 Å². The molecule has 4 aliphatic rings. The smallest absolute Gasteiger partial charge is 0.227 e. The molecule has 5 heterocycles. The van der Waals surface area contributed by atoms with Gasteiger partial charge in [-0.15, -0.1) is 0 Å². The second kappa shape index (κ2) is 7.14. The second-order valence-electron chi connectivity index (χ2n) is 11.7. The normalized spacial score (nSPS) is 21.9. The van der Waals surface area contributed by atoms with E-state index in [-0.39, 0.29) is 22.2 Å². The summed E-state index contributed by atoms with van der Waals surface area (Å²) in [6.07, 6.45) is 7.92. The summed E-state index contributed by atoms with van der Waals surface area (Å²) in [6.45, 7) is 10.4. The van der Waals surface area contributed by atoms with Gasteiger partial charge < -0.3 is 14.7 Å². The van der Waals surface area contributed by atoms with Crippen LogP contribution in [0.15, 0.2) is 24.7 Å². The van der Waals surface area contributed by atoms with Crippen LogP contribution in [-0.2, 0) is 10.2 Å². The number of rotatable bonds is 2. The molecule has 1 aliphatic carbocycles. The molecule has 8 heteroatoms. The molecule has 3 aliphatic heterocycles. The Morgan fingerprint density at radius 2 is 1.82 bits per heavy atom. The molecule has 0 radical (unpaired) electrons.